The van der Waals surface area contributed by atoms with Crippen molar-refractivity contribution in [2.45, 2.75) is 86.0 Å². The molecular formula is C29H42N2O2. The fourth-order valence-corrected chi connectivity index (χ4v) is 4.83. The average molecular weight is 451 g/mol. The van der Waals surface area contributed by atoms with Gasteiger partial charge in [0, 0.05) is 41.7 Å². The van der Waals surface area contributed by atoms with E-state index in [0.717, 1.165) is 24.6 Å². The molecule has 2 aromatic rings. The van der Waals surface area contributed by atoms with E-state index in [1.165, 1.54) is 22.3 Å². The third-order valence-electron chi connectivity index (χ3n) is 8.16. The Balaban J connectivity index is 1.59. The van der Waals surface area contributed by atoms with Crippen molar-refractivity contribution in [1.29, 1.82) is 0 Å². The Morgan fingerprint density at radius 2 is 1.06 bits per heavy atom. The van der Waals surface area contributed by atoms with Gasteiger partial charge in [-0.3, -0.25) is 9.80 Å². The number of nitrogens with zero attached hydrogens (tertiary/aromatic N) is 2. The summed E-state index contributed by atoms with van der Waals surface area (Å²) in [6.07, 6.45) is 0. The molecule has 2 aliphatic heterocycles. The van der Waals surface area contributed by atoms with E-state index >= 15 is 0 Å². The normalized spacial score (nSPS) is 19.0. The van der Waals surface area contributed by atoms with E-state index in [1.54, 1.807) is 0 Å². The predicted molar refractivity (Wildman–Crippen MR) is 136 cm³/mol. The Labute approximate surface area is 200 Å². The first-order valence-corrected chi connectivity index (χ1v) is 12.6. The van der Waals surface area contributed by atoms with Gasteiger partial charge in [-0.1, -0.05) is 53.7 Å². The van der Waals surface area contributed by atoms with E-state index in [4.69, 9.17) is 9.47 Å². The molecule has 0 amide bonds. The molecule has 33 heavy (non-hydrogen) atoms. The van der Waals surface area contributed by atoms with Gasteiger partial charge in [0.25, 0.3) is 0 Å². The first-order chi connectivity index (χ1) is 15.6. The number of ether oxygens (including phenoxy) is 2. The number of hydrogen-bond acceptors (Lipinski definition) is 4. The minimum atomic E-state index is -0.109. The Morgan fingerprint density at radius 3 is 1.42 bits per heavy atom. The lowest BCUT2D eigenvalue weighted by Crippen LogP contribution is -2.41. The molecule has 2 aliphatic rings. The summed E-state index contributed by atoms with van der Waals surface area (Å²) in [6, 6.07) is 14.5. The van der Waals surface area contributed by atoms with Crippen LogP contribution >= 0.6 is 0 Å². The molecule has 2 aromatic carbocycles. The van der Waals surface area contributed by atoms with Gasteiger partial charge in [-0.15, -0.1) is 0 Å². The van der Waals surface area contributed by atoms with Crippen molar-refractivity contribution in [3.05, 3.63) is 58.7 Å². The van der Waals surface area contributed by atoms with Gasteiger partial charge in [0.1, 0.15) is 25.0 Å². The highest BCUT2D eigenvalue weighted by Gasteiger charge is 2.30. The molecule has 4 heteroatoms. The molecule has 0 unspecified atom stereocenters. The predicted octanol–water partition coefficient (Wildman–Crippen LogP) is 6.41. The van der Waals surface area contributed by atoms with Crippen molar-refractivity contribution >= 4 is 0 Å². The van der Waals surface area contributed by atoms with Crippen LogP contribution in [0.25, 0.3) is 0 Å². The van der Waals surface area contributed by atoms with E-state index in [9.17, 15) is 0 Å². The van der Waals surface area contributed by atoms with E-state index in [1.807, 2.05) is 0 Å². The SMILES string of the molecule is CC(C)[C@@H](C)N1COc2ccc(C(C)(C)c3ccc4c(c3)CN([C@H](C)C(C)C)CO4)cc2C1. The lowest BCUT2D eigenvalue weighted by Gasteiger charge is -2.37. The van der Waals surface area contributed by atoms with Gasteiger partial charge < -0.3 is 9.47 Å². The summed E-state index contributed by atoms with van der Waals surface area (Å²) in [5.74, 6) is 3.26. The zero-order valence-corrected chi connectivity index (χ0v) is 21.8. The summed E-state index contributed by atoms with van der Waals surface area (Å²) in [5, 5.41) is 0. The summed E-state index contributed by atoms with van der Waals surface area (Å²) < 4.78 is 12.2. The first-order valence-electron chi connectivity index (χ1n) is 12.6. The summed E-state index contributed by atoms with van der Waals surface area (Å²) in [4.78, 5) is 4.87. The quantitative estimate of drug-likeness (QED) is 0.508. The van der Waals surface area contributed by atoms with Crippen LogP contribution in [0.2, 0.25) is 0 Å². The number of fused-ring (bicyclic) bond motifs is 2. The van der Waals surface area contributed by atoms with Crippen molar-refractivity contribution in [3.8, 4) is 11.5 Å². The standard InChI is InChI=1S/C29H42N2O2/c1-19(2)21(5)30-15-23-13-25(9-11-27(23)32-17-30)29(7,8)26-10-12-28-24(14-26)16-31(18-33-28)22(6)20(3)4/h9-14,19-22H,15-18H2,1-8H3/t21-,22-/m1/s1. The van der Waals surface area contributed by atoms with Gasteiger partial charge in [-0.25, -0.2) is 0 Å². The summed E-state index contributed by atoms with van der Waals surface area (Å²) in [7, 11) is 0. The monoisotopic (exact) mass is 450 g/mol. The topological polar surface area (TPSA) is 24.9 Å². The van der Waals surface area contributed by atoms with Crippen molar-refractivity contribution < 1.29 is 9.47 Å². The third-order valence-corrected chi connectivity index (χ3v) is 8.16. The van der Waals surface area contributed by atoms with Crippen molar-refractivity contribution in [1.82, 2.24) is 9.80 Å². The van der Waals surface area contributed by atoms with Gasteiger partial charge in [-0.2, -0.15) is 0 Å². The zero-order chi connectivity index (χ0) is 23.9. The first kappa shape index (κ1) is 24.1. The van der Waals surface area contributed by atoms with E-state index in [-0.39, 0.29) is 5.41 Å². The van der Waals surface area contributed by atoms with E-state index < -0.39 is 0 Å². The maximum Gasteiger partial charge on any atom is 0.142 e. The maximum atomic E-state index is 6.11. The molecule has 0 N–H and O–H groups in total. The van der Waals surface area contributed by atoms with Crippen LogP contribution in [0.15, 0.2) is 36.4 Å². The highest BCUT2D eigenvalue weighted by Crippen LogP contribution is 2.38. The van der Waals surface area contributed by atoms with Gasteiger partial charge in [-0.05, 0) is 61.1 Å². The number of hydrogen-bond donors (Lipinski definition) is 0. The molecule has 2 heterocycles. The fourth-order valence-electron chi connectivity index (χ4n) is 4.83. The molecule has 4 rings (SSSR count). The number of benzene rings is 2. The van der Waals surface area contributed by atoms with Crippen LogP contribution in [0.3, 0.4) is 0 Å². The Bertz CT molecular complexity index is 904. The van der Waals surface area contributed by atoms with Crippen molar-refractivity contribution in [2.24, 2.45) is 11.8 Å². The summed E-state index contributed by atoms with van der Waals surface area (Å²) in [6.45, 7) is 21.6. The lowest BCUT2D eigenvalue weighted by molar-refractivity contribution is 0.0445. The molecule has 0 radical (unpaired) electrons. The second-order valence-corrected chi connectivity index (χ2v) is 11.3. The fraction of sp³-hybridized carbons (Fsp3) is 0.586. The van der Waals surface area contributed by atoms with Crippen LogP contribution in [0, 0.1) is 11.8 Å². The van der Waals surface area contributed by atoms with Crippen molar-refractivity contribution in [2.75, 3.05) is 13.5 Å². The highest BCUT2D eigenvalue weighted by molar-refractivity contribution is 5.48. The molecule has 0 saturated heterocycles. The average Bonchev–Trinajstić information content (AvgIpc) is 2.81. The molecule has 4 nitrogen and oxygen atoms in total. The van der Waals surface area contributed by atoms with Gasteiger partial charge >= 0.3 is 0 Å². The molecular weight excluding hydrogens is 408 g/mol. The maximum absolute atomic E-state index is 6.11. The molecule has 2 atom stereocenters. The van der Waals surface area contributed by atoms with Crippen LogP contribution in [0.4, 0.5) is 0 Å². The second-order valence-electron chi connectivity index (χ2n) is 11.3. The molecule has 0 bridgehead atoms. The van der Waals surface area contributed by atoms with Gasteiger partial charge in [0.2, 0.25) is 0 Å². The Hall–Kier alpha value is -2.04. The largest absolute Gasteiger partial charge is 0.478 e. The van der Waals surface area contributed by atoms with E-state index in [0.29, 0.717) is 37.4 Å². The summed E-state index contributed by atoms with van der Waals surface area (Å²) in [5.41, 5.74) is 5.12. The van der Waals surface area contributed by atoms with Crippen LogP contribution in [-0.4, -0.2) is 35.3 Å². The van der Waals surface area contributed by atoms with Crippen molar-refractivity contribution in [3.63, 3.8) is 0 Å². The second kappa shape index (κ2) is 9.31. The highest BCUT2D eigenvalue weighted by atomic mass is 16.5. The minimum absolute atomic E-state index is 0.109. The molecule has 180 valence electrons. The Morgan fingerprint density at radius 1 is 0.667 bits per heavy atom. The number of rotatable bonds is 6. The molecule has 0 aromatic heterocycles. The van der Waals surface area contributed by atoms with Crippen LogP contribution < -0.4 is 9.47 Å². The smallest absolute Gasteiger partial charge is 0.142 e. The van der Waals surface area contributed by atoms with E-state index in [2.05, 4.69) is 102 Å². The molecule has 0 spiro atoms. The molecule has 0 saturated carbocycles. The Kier molecular flexibility index (Phi) is 6.80. The molecule has 0 fully saturated rings. The van der Waals surface area contributed by atoms with Gasteiger partial charge in [0.05, 0.1) is 0 Å². The zero-order valence-electron chi connectivity index (χ0n) is 21.8. The third kappa shape index (κ3) is 4.79. The summed E-state index contributed by atoms with van der Waals surface area (Å²) >= 11 is 0. The minimum Gasteiger partial charge on any atom is -0.478 e. The lowest BCUT2D eigenvalue weighted by atomic mass is 9.77. The van der Waals surface area contributed by atoms with Gasteiger partial charge in [0.15, 0.2) is 0 Å². The van der Waals surface area contributed by atoms with Crippen LogP contribution in [0.5, 0.6) is 11.5 Å². The molecule has 0 aliphatic carbocycles. The van der Waals surface area contributed by atoms with Crippen LogP contribution in [-0.2, 0) is 18.5 Å². The van der Waals surface area contributed by atoms with Crippen LogP contribution in [0.1, 0.15) is 77.6 Å².